The van der Waals surface area contributed by atoms with Crippen LogP contribution in [0.25, 0.3) is 0 Å². The zero-order valence-electron chi connectivity index (χ0n) is 10.8. The molecule has 100 valence electrons. The van der Waals surface area contributed by atoms with Crippen LogP contribution in [0.3, 0.4) is 0 Å². The molecule has 1 fully saturated rings. The van der Waals surface area contributed by atoms with Gasteiger partial charge in [0.2, 0.25) is 0 Å². The molecule has 0 saturated heterocycles. The maximum Gasteiger partial charge on any atom is 0.137 e. The summed E-state index contributed by atoms with van der Waals surface area (Å²) in [5.41, 5.74) is 0.110. The average molecular weight is 333 g/mol. The van der Waals surface area contributed by atoms with Gasteiger partial charge in [0.15, 0.2) is 0 Å². The molecule has 1 aliphatic carbocycles. The zero-order chi connectivity index (χ0) is 13.2. The quantitative estimate of drug-likeness (QED) is 0.840. The van der Waals surface area contributed by atoms with Gasteiger partial charge in [0.25, 0.3) is 0 Å². The van der Waals surface area contributed by atoms with Crippen LogP contribution in [0.1, 0.15) is 26.7 Å². The van der Waals surface area contributed by atoms with E-state index in [9.17, 15) is 0 Å². The van der Waals surface area contributed by atoms with Crippen molar-refractivity contribution in [1.29, 1.82) is 0 Å². The Kier molecular flexibility index (Phi) is 4.57. The van der Waals surface area contributed by atoms with Gasteiger partial charge in [0.05, 0.1) is 11.6 Å². The Hall–Kier alpha value is -0.250. The van der Waals surface area contributed by atoms with E-state index in [2.05, 4.69) is 35.1 Å². The van der Waals surface area contributed by atoms with Crippen molar-refractivity contribution in [2.24, 2.45) is 5.41 Å². The fraction of sp³-hybridized carbons (Fsp3) is 0.571. The summed E-state index contributed by atoms with van der Waals surface area (Å²) in [7, 11) is 0. The Bertz CT molecular complexity index is 418. The predicted octanol–water partition coefficient (Wildman–Crippen LogP) is 4.26. The second-order valence-electron chi connectivity index (χ2n) is 5.68. The minimum atomic E-state index is 0.110. The van der Waals surface area contributed by atoms with Gasteiger partial charge in [0, 0.05) is 22.5 Å². The maximum absolute atomic E-state index is 6.13. The lowest BCUT2D eigenvalue weighted by molar-refractivity contribution is 0.176. The van der Waals surface area contributed by atoms with Gasteiger partial charge in [-0.2, -0.15) is 0 Å². The standard InChI is InChI=1S/C14H19BrClNO/c1-14(2,8-17-11-4-5-11)9-18-13-6-3-10(15)7-12(13)16/h3,6-7,11,17H,4-5,8-9H2,1-2H3. The third-order valence-corrected chi connectivity index (χ3v) is 3.75. The van der Waals surface area contributed by atoms with Crippen molar-refractivity contribution in [3.05, 3.63) is 27.7 Å². The van der Waals surface area contributed by atoms with Gasteiger partial charge in [-0.15, -0.1) is 0 Å². The number of hydrogen-bond acceptors (Lipinski definition) is 2. The molecule has 1 aromatic carbocycles. The summed E-state index contributed by atoms with van der Waals surface area (Å²) in [6.45, 7) is 6.05. The van der Waals surface area contributed by atoms with E-state index in [4.69, 9.17) is 16.3 Å². The van der Waals surface area contributed by atoms with E-state index >= 15 is 0 Å². The molecule has 0 radical (unpaired) electrons. The molecular weight excluding hydrogens is 314 g/mol. The van der Waals surface area contributed by atoms with E-state index < -0.39 is 0 Å². The lowest BCUT2D eigenvalue weighted by Crippen LogP contribution is -2.35. The smallest absolute Gasteiger partial charge is 0.137 e. The van der Waals surface area contributed by atoms with Gasteiger partial charge in [-0.1, -0.05) is 41.4 Å². The minimum Gasteiger partial charge on any atom is -0.491 e. The Morgan fingerprint density at radius 1 is 1.44 bits per heavy atom. The number of hydrogen-bond donors (Lipinski definition) is 1. The van der Waals surface area contributed by atoms with Crippen LogP contribution in [0.2, 0.25) is 5.02 Å². The van der Waals surface area contributed by atoms with Crippen molar-refractivity contribution in [3.8, 4) is 5.75 Å². The Morgan fingerprint density at radius 2 is 2.17 bits per heavy atom. The molecule has 1 N–H and O–H groups in total. The summed E-state index contributed by atoms with van der Waals surface area (Å²) in [6.07, 6.45) is 2.63. The number of ether oxygens (including phenoxy) is 1. The van der Waals surface area contributed by atoms with Crippen LogP contribution >= 0.6 is 27.5 Å². The van der Waals surface area contributed by atoms with Crippen molar-refractivity contribution in [3.63, 3.8) is 0 Å². The van der Waals surface area contributed by atoms with Gasteiger partial charge < -0.3 is 10.1 Å². The van der Waals surface area contributed by atoms with E-state index in [1.165, 1.54) is 12.8 Å². The number of rotatable bonds is 6. The first-order valence-corrected chi connectivity index (χ1v) is 7.45. The van der Waals surface area contributed by atoms with Crippen molar-refractivity contribution in [2.75, 3.05) is 13.2 Å². The normalized spacial score (nSPS) is 15.8. The van der Waals surface area contributed by atoms with E-state index in [1.54, 1.807) is 0 Å². The van der Waals surface area contributed by atoms with Crippen molar-refractivity contribution in [2.45, 2.75) is 32.7 Å². The molecule has 0 aliphatic heterocycles. The summed E-state index contributed by atoms with van der Waals surface area (Å²) in [5, 5.41) is 4.18. The molecule has 1 aliphatic rings. The second kappa shape index (κ2) is 5.81. The molecule has 0 aromatic heterocycles. The molecule has 0 unspecified atom stereocenters. The van der Waals surface area contributed by atoms with E-state index in [0.29, 0.717) is 11.6 Å². The van der Waals surface area contributed by atoms with Crippen LogP contribution in [-0.4, -0.2) is 19.2 Å². The van der Waals surface area contributed by atoms with Crippen LogP contribution in [0.5, 0.6) is 5.75 Å². The largest absolute Gasteiger partial charge is 0.491 e. The van der Waals surface area contributed by atoms with Crippen molar-refractivity contribution < 1.29 is 4.74 Å². The van der Waals surface area contributed by atoms with E-state index in [1.807, 2.05) is 18.2 Å². The monoisotopic (exact) mass is 331 g/mol. The van der Waals surface area contributed by atoms with Gasteiger partial charge in [-0.05, 0) is 31.0 Å². The van der Waals surface area contributed by atoms with Gasteiger partial charge in [0.1, 0.15) is 5.75 Å². The number of nitrogens with one attached hydrogen (secondary N) is 1. The van der Waals surface area contributed by atoms with Crippen LogP contribution in [-0.2, 0) is 0 Å². The maximum atomic E-state index is 6.13. The summed E-state index contributed by atoms with van der Waals surface area (Å²) in [4.78, 5) is 0. The minimum absolute atomic E-state index is 0.110. The van der Waals surface area contributed by atoms with Crippen LogP contribution in [0.15, 0.2) is 22.7 Å². The van der Waals surface area contributed by atoms with Gasteiger partial charge >= 0.3 is 0 Å². The molecule has 2 rings (SSSR count). The van der Waals surface area contributed by atoms with Gasteiger partial charge in [-0.25, -0.2) is 0 Å². The number of halogens is 2. The third kappa shape index (κ3) is 4.45. The summed E-state index contributed by atoms with van der Waals surface area (Å²) < 4.78 is 6.78. The molecular formula is C14H19BrClNO. The van der Waals surface area contributed by atoms with Crippen LogP contribution in [0, 0.1) is 5.41 Å². The Labute approximate surface area is 122 Å². The average Bonchev–Trinajstić information content (AvgIpc) is 3.09. The van der Waals surface area contributed by atoms with Crippen LogP contribution in [0.4, 0.5) is 0 Å². The van der Waals surface area contributed by atoms with Crippen molar-refractivity contribution in [1.82, 2.24) is 5.32 Å². The molecule has 0 amide bonds. The zero-order valence-corrected chi connectivity index (χ0v) is 13.1. The third-order valence-electron chi connectivity index (χ3n) is 2.96. The topological polar surface area (TPSA) is 21.3 Å². The predicted molar refractivity (Wildman–Crippen MR) is 79.5 cm³/mol. The lowest BCUT2D eigenvalue weighted by atomic mass is 9.95. The molecule has 0 atom stereocenters. The Balaban J connectivity index is 1.84. The molecule has 1 saturated carbocycles. The second-order valence-corrected chi connectivity index (χ2v) is 7.01. The highest BCUT2D eigenvalue weighted by Gasteiger charge is 2.25. The van der Waals surface area contributed by atoms with Gasteiger partial charge in [-0.3, -0.25) is 0 Å². The molecule has 18 heavy (non-hydrogen) atoms. The highest BCUT2D eigenvalue weighted by molar-refractivity contribution is 9.10. The molecule has 0 bridgehead atoms. The summed E-state index contributed by atoms with van der Waals surface area (Å²) in [6, 6.07) is 6.43. The fourth-order valence-corrected chi connectivity index (χ4v) is 2.35. The molecule has 0 spiro atoms. The highest BCUT2D eigenvalue weighted by atomic mass is 79.9. The summed E-state index contributed by atoms with van der Waals surface area (Å²) >= 11 is 9.51. The first kappa shape index (κ1) is 14.2. The SMILES string of the molecule is CC(C)(CNC1CC1)COc1ccc(Br)cc1Cl. The van der Waals surface area contributed by atoms with E-state index in [-0.39, 0.29) is 5.41 Å². The molecule has 2 nitrogen and oxygen atoms in total. The van der Waals surface area contributed by atoms with Crippen LogP contribution < -0.4 is 10.1 Å². The van der Waals surface area contributed by atoms with E-state index in [0.717, 1.165) is 22.8 Å². The fourth-order valence-electron chi connectivity index (χ4n) is 1.62. The summed E-state index contributed by atoms with van der Waals surface area (Å²) in [5.74, 6) is 0.749. The Morgan fingerprint density at radius 3 is 2.78 bits per heavy atom. The lowest BCUT2D eigenvalue weighted by Gasteiger charge is -2.25. The molecule has 0 heterocycles. The first-order valence-electron chi connectivity index (χ1n) is 6.27. The number of benzene rings is 1. The molecule has 1 aromatic rings. The van der Waals surface area contributed by atoms with Crippen molar-refractivity contribution >= 4 is 27.5 Å². The molecule has 4 heteroatoms. The highest BCUT2D eigenvalue weighted by Crippen LogP contribution is 2.29. The first-order chi connectivity index (χ1) is 8.46.